The lowest BCUT2D eigenvalue weighted by atomic mass is 9.85. The normalized spacial score (nSPS) is 15.7. The number of carbonyl (C=O) groups excluding carboxylic acids is 1. The summed E-state index contributed by atoms with van der Waals surface area (Å²) in [5.41, 5.74) is 4.68. The standard InChI is InChI=1S/C22H25NO3.C5H12O/c1-15(25-4)19-13-22(2,3)23(14-24)20-11-10-16(12-18(19)20)17-8-6-7-9-21(17)26-5;1-5(2,3)6-4/h6-15H,1-5H3;1-4H3. The van der Waals surface area contributed by atoms with Crippen LogP contribution in [0.2, 0.25) is 0 Å². The van der Waals surface area contributed by atoms with Crippen molar-refractivity contribution in [2.45, 2.75) is 58.8 Å². The maximum absolute atomic E-state index is 11.8. The van der Waals surface area contributed by atoms with Crippen LogP contribution in [0.3, 0.4) is 0 Å². The Labute approximate surface area is 193 Å². The molecule has 1 atom stereocenters. The largest absolute Gasteiger partial charge is 0.496 e. The molecule has 1 unspecified atom stereocenters. The predicted molar refractivity (Wildman–Crippen MR) is 132 cm³/mol. The van der Waals surface area contributed by atoms with E-state index in [1.807, 2.05) is 77.9 Å². The van der Waals surface area contributed by atoms with E-state index in [0.29, 0.717) is 0 Å². The smallest absolute Gasteiger partial charge is 0.214 e. The van der Waals surface area contributed by atoms with E-state index in [4.69, 9.17) is 14.2 Å². The predicted octanol–water partition coefficient (Wildman–Crippen LogP) is 5.97. The highest BCUT2D eigenvalue weighted by atomic mass is 16.5. The van der Waals surface area contributed by atoms with E-state index < -0.39 is 5.54 Å². The molecule has 3 rings (SSSR count). The van der Waals surface area contributed by atoms with Crippen LogP contribution in [0, 0.1) is 0 Å². The lowest BCUT2D eigenvalue weighted by molar-refractivity contribution is -0.108. The summed E-state index contributed by atoms with van der Waals surface area (Å²) in [7, 11) is 5.08. The molecule has 1 aliphatic heterocycles. The van der Waals surface area contributed by atoms with Crippen molar-refractivity contribution in [3.05, 3.63) is 54.1 Å². The molecule has 0 aliphatic carbocycles. The van der Waals surface area contributed by atoms with Crippen molar-refractivity contribution in [1.29, 1.82) is 0 Å². The van der Waals surface area contributed by atoms with E-state index in [1.165, 1.54) is 0 Å². The van der Waals surface area contributed by atoms with Crippen LogP contribution >= 0.6 is 0 Å². The third-order valence-corrected chi connectivity index (χ3v) is 5.62. The van der Waals surface area contributed by atoms with Crippen LogP contribution < -0.4 is 9.64 Å². The van der Waals surface area contributed by atoms with Gasteiger partial charge < -0.3 is 19.1 Å². The molecule has 0 N–H and O–H groups in total. The zero-order valence-corrected chi connectivity index (χ0v) is 20.9. The van der Waals surface area contributed by atoms with Gasteiger partial charge in [0, 0.05) is 25.3 Å². The molecule has 0 saturated carbocycles. The molecule has 174 valence electrons. The summed E-state index contributed by atoms with van der Waals surface area (Å²) < 4.78 is 16.0. The number of para-hydroxylation sites is 1. The minimum atomic E-state index is -0.414. The quantitative estimate of drug-likeness (QED) is 0.539. The Morgan fingerprint density at radius 3 is 2.16 bits per heavy atom. The second-order valence-corrected chi connectivity index (χ2v) is 9.36. The molecule has 0 saturated heterocycles. The van der Waals surface area contributed by atoms with Gasteiger partial charge >= 0.3 is 0 Å². The maximum Gasteiger partial charge on any atom is 0.214 e. The number of anilines is 1. The number of fused-ring (bicyclic) bond motifs is 1. The Hall–Kier alpha value is -2.63. The SMILES string of the molecule is COC(C)(C)C.COc1ccccc1-c1ccc2c(c1)C(C(C)OC)=CC(C)(C)N2C=O. The zero-order chi connectivity index (χ0) is 24.1. The molecular weight excluding hydrogens is 402 g/mol. The maximum atomic E-state index is 11.8. The molecule has 2 aromatic carbocycles. The first kappa shape index (κ1) is 25.6. The number of carbonyl (C=O) groups is 1. The molecule has 0 fully saturated rings. The lowest BCUT2D eigenvalue weighted by Gasteiger charge is -2.40. The van der Waals surface area contributed by atoms with Gasteiger partial charge in [0.05, 0.1) is 30.0 Å². The minimum absolute atomic E-state index is 0.0417. The number of hydrogen-bond acceptors (Lipinski definition) is 4. The molecule has 0 radical (unpaired) electrons. The van der Waals surface area contributed by atoms with Crippen molar-refractivity contribution in [3.8, 4) is 16.9 Å². The Kier molecular flexibility index (Phi) is 8.27. The Morgan fingerprint density at radius 1 is 1.00 bits per heavy atom. The fourth-order valence-corrected chi connectivity index (χ4v) is 3.52. The van der Waals surface area contributed by atoms with Crippen molar-refractivity contribution in [3.63, 3.8) is 0 Å². The number of hydrogen-bond donors (Lipinski definition) is 0. The van der Waals surface area contributed by atoms with E-state index in [1.54, 1.807) is 26.2 Å². The number of amides is 1. The summed E-state index contributed by atoms with van der Waals surface area (Å²) in [6.45, 7) is 12.1. The van der Waals surface area contributed by atoms with Gasteiger partial charge in [-0.25, -0.2) is 0 Å². The number of rotatable bonds is 5. The van der Waals surface area contributed by atoms with Gasteiger partial charge in [-0.3, -0.25) is 4.79 Å². The number of ether oxygens (including phenoxy) is 3. The van der Waals surface area contributed by atoms with Crippen LogP contribution in [-0.4, -0.2) is 45.0 Å². The summed E-state index contributed by atoms with van der Waals surface area (Å²) in [5.74, 6) is 0.821. The number of methoxy groups -OCH3 is 3. The molecule has 0 spiro atoms. The van der Waals surface area contributed by atoms with Gasteiger partial charge in [-0.05, 0) is 70.9 Å². The third kappa shape index (κ3) is 5.78. The van der Waals surface area contributed by atoms with Gasteiger partial charge in [0.2, 0.25) is 6.41 Å². The fraction of sp³-hybridized carbons (Fsp3) is 0.444. The average Bonchev–Trinajstić information content (AvgIpc) is 2.77. The van der Waals surface area contributed by atoms with Gasteiger partial charge in [0.25, 0.3) is 0 Å². The molecule has 5 nitrogen and oxygen atoms in total. The molecule has 1 amide bonds. The third-order valence-electron chi connectivity index (χ3n) is 5.62. The van der Waals surface area contributed by atoms with Gasteiger partial charge in [-0.1, -0.05) is 30.3 Å². The van der Waals surface area contributed by atoms with E-state index in [2.05, 4.69) is 12.1 Å². The van der Waals surface area contributed by atoms with Gasteiger partial charge in [0.1, 0.15) is 5.75 Å². The molecule has 0 aromatic heterocycles. The summed E-state index contributed by atoms with van der Waals surface area (Å²) in [6, 6.07) is 14.1. The molecule has 2 aromatic rings. The summed E-state index contributed by atoms with van der Waals surface area (Å²) >= 11 is 0. The Balaban J connectivity index is 0.000000534. The van der Waals surface area contributed by atoms with E-state index in [0.717, 1.165) is 40.1 Å². The van der Waals surface area contributed by atoms with E-state index >= 15 is 0 Å². The van der Waals surface area contributed by atoms with Crippen molar-refractivity contribution < 1.29 is 19.0 Å². The molecule has 5 heteroatoms. The average molecular weight is 440 g/mol. The highest BCUT2D eigenvalue weighted by Gasteiger charge is 2.34. The topological polar surface area (TPSA) is 48.0 Å². The van der Waals surface area contributed by atoms with Crippen molar-refractivity contribution in [1.82, 2.24) is 0 Å². The molecular formula is C27H37NO4. The first-order valence-corrected chi connectivity index (χ1v) is 10.8. The van der Waals surface area contributed by atoms with E-state index in [-0.39, 0.29) is 11.7 Å². The van der Waals surface area contributed by atoms with Gasteiger partial charge in [0.15, 0.2) is 0 Å². The molecule has 0 bridgehead atoms. The lowest BCUT2D eigenvalue weighted by Crippen LogP contribution is -2.45. The summed E-state index contributed by atoms with van der Waals surface area (Å²) in [5, 5.41) is 0. The summed E-state index contributed by atoms with van der Waals surface area (Å²) in [4.78, 5) is 13.5. The first-order chi connectivity index (χ1) is 15.0. The van der Waals surface area contributed by atoms with Crippen molar-refractivity contribution in [2.75, 3.05) is 26.2 Å². The van der Waals surface area contributed by atoms with E-state index in [9.17, 15) is 4.79 Å². The van der Waals surface area contributed by atoms with Crippen LogP contribution in [0.5, 0.6) is 5.75 Å². The Morgan fingerprint density at radius 2 is 1.62 bits per heavy atom. The van der Waals surface area contributed by atoms with Crippen molar-refractivity contribution in [2.24, 2.45) is 0 Å². The van der Waals surface area contributed by atoms with Gasteiger partial charge in [-0.15, -0.1) is 0 Å². The van der Waals surface area contributed by atoms with Crippen LogP contribution in [0.4, 0.5) is 5.69 Å². The second-order valence-electron chi connectivity index (χ2n) is 9.36. The molecule has 1 aliphatic rings. The zero-order valence-electron chi connectivity index (χ0n) is 20.9. The number of nitrogens with zero attached hydrogens (tertiary/aromatic N) is 1. The van der Waals surface area contributed by atoms with Crippen LogP contribution in [-0.2, 0) is 14.3 Å². The molecule has 32 heavy (non-hydrogen) atoms. The van der Waals surface area contributed by atoms with Gasteiger partial charge in [-0.2, -0.15) is 0 Å². The highest BCUT2D eigenvalue weighted by molar-refractivity contribution is 5.93. The first-order valence-electron chi connectivity index (χ1n) is 10.8. The highest BCUT2D eigenvalue weighted by Crippen LogP contribution is 2.42. The second kappa shape index (κ2) is 10.3. The number of benzene rings is 2. The molecule has 1 heterocycles. The van der Waals surface area contributed by atoms with Crippen molar-refractivity contribution >= 4 is 17.7 Å². The van der Waals surface area contributed by atoms with Crippen LogP contribution in [0.15, 0.2) is 48.5 Å². The fourth-order valence-electron chi connectivity index (χ4n) is 3.52. The summed E-state index contributed by atoms with van der Waals surface area (Å²) in [6.07, 6.45) is 2.94. The monoisotopic (exact) mass is 439 g/mol. The Bertz CT molecular complexity index is 956. The van der Waals surface area contributed by atoms with Crippen LogP contribution in [0.1, 0.15) is 47.1 Å². The minimum Gasteiger partial charge on any atom is -0.496 e. The van der Waals surface area contributed by atoms with Crippen LogP contribution in [0.25, 0.3) is 16.7 Å².